The lowest BCUT2D eigenvalue weighted by molar-refractivity contribution is -0.247. The van der Waals surface area contributed by atoms with Crippen molar-refractivity contribution in [1.82, 2.24) is 9.80 Å². The molecule has 0 aromatic heterocycles. The zero-order valence-electron chi connectivity index (χ0n) is 17.7. The molecule has 0 bridgehead atoms. The van der Waals surface area contributed by atoms with Crippen LogP contribution in [-0.4, -0.2) is 69.9 Å². The zero-order valence-corrected chi connectivity index (χ0v) is 17.7. The van der Waals surface area contributed by atoms with Gasteiger partial charge in [0.15, 0.2) is 0 Å². The topological polar surface area (TPSA) is 82.5 Å². The van der Waals surface area contributed by atoms with Crippen LogP contribution >= 0.6 is 0 Å². The Labute approximate surface area is 173 Å². The van der Waals surface area contributed by atoms with Gasteiger partial charge in [0, 0.05) is 25.7 Å². The van der Waals surface area contributed by atoms with Gasteiger partial charge in [-0.15, -0.1) is 0 Å². The molecule has 1 unspecified atom stereocenters. The minimum atomic E-state index is -1.04. The molecule has 162 valence electrons. The van der Waals surface area contributed by atoms with Crippen molar-refractivity contribution in [3.8, 4) is 0 Å². The van der Waals surface area contributed by atoms with E-state index in [1.807, 2.05) is 56.0 Å². The number of hydrogen-bond donors (Lipinski definition) is 2. The van der Waals surface area contributed by atoms with Crippen molar-refractivity contribution in [2.75, 3.05) is 19.6 Å². The first-order valence-electron chi connectivity index (χ1n) is 10.5. The summed E-state index contributed by atoms with van der Waals surface area (Å²) in [6, 6.07) is 9.70. The Kier molecular flexibility index (Phi) is 7.16. The summed E-state index contributed by atoms with van der Waals surface area (Å²) in [5.41, 5.74) is 0.503. The van der Waals surface area contributed by atoms with Gasteiger partial charge in [0.2, 0.25) is 6.41 Å². The highest BCUT2D eigenvalue weighted by Crippen LogP contribution is 2.33. The molecule has 0 aliphatic carbocycles. The van der Waals surface area contributed by atoms with Crippen molar-refractivity contribution >= 4 is 6.09 Å². The number of likely N-dealkylation sites (tertiary alicyclic amines) is 2. The molecule has 29 heavy (non-hydrogen) atoms. The first-order chi connectivity index (χ1) is 13.7. The molecule has 2 aliphatic heterocycles. The van der Waals surface area contributed by atoms with E-state index in [1.54, 1.807) is 4.90 Å². The number of aliphatic hydroxyl groups excluding tert-OH is 2. The number of β-amino-alcohol motifs (C(OH)–C–C–N with tert-alkyl or cyclic N) is 1. The van der Waals surface area contributed by atoms with Gasteiger partial charge in [-0.1, -0.05) is 30.3 Å². The summed E-state index contributed by atoms with van der Waals surface area (Å²) in [5, 5.41) is 20.7. The van der Waals surface area contributed by atoms with E-state index >= 15 is 0 Å². The van der Waals surface area contributed by atoms with E-state index in [1.165, 1.54) is 0 Å². The van der Waals surface area contributed by atoms with Gasteiger partial charge in [0.1, 0.15) is 6.61 Å². The molecule has 1 aromatic carbocycles. The highest BCUT2D eigenvalue weighted by atomic mass is 16.6. The van der Waals surface area contributed by atoms with E-state index < -0.39 is 18.1 Å². The number of carbonyl (C=O) groups is 1. The van der Waals surface area contributed by atoms with Crippen LogP contribution in [-0.2, 0) is 16.1 Å². The lowest BCUT2D eigenvalue weighted by atomic mass is 9.88. The number of rotatable bonds is 5. The zero-order chi connectivity index (χ0) is 21.0. The highest BCUT2D eigenvalue weighted by molar-refractivity contribution is 5.67. The Bertz CT molecular complexity index is 655. The van der Waals surface area contributed by atoms with E-state index in [0.717, 1.165) is 18.4 Å². The molecule has 0 spiro atoms. The number of piperidine rings is 1. The Morgan fingerprint density at radius 2 is 1.86 bits per heavy atom. The number of carbonyl (C=O) groups excluding carboxylic acids is 1. The third-order valence-electron chi connectivity index (χ3n) is 5.65. The van der Waals surface area contributed by atoms with Crippen LogP contribution in [0.15, 0.2) is 30.3 Å². The number of hydrogen-bond acceptors (Lipinski definition) is 6. The summed E-state index contributed by atoms with van der Waals surface area (Å²) in [6.07, 6.45) is 0.464. The summed E-state index contributed by atoms with van der Waals surface area (Å²) >= 11 is 0. The Hall–Kier alpha value is -1.67. The van der Waals surface area contributed by atoms with Crippen LogP contribution in [0.25, 0.3) is 0 Å². The molecule has 7 heteroatoms. The second-order valence-electron chi connectivity index (χ2n) is 9.07. The molecule has 2 heterocycles. The number of benzene rings is 1. The molecule has 0 radical (unpaired) electrons. The second kappa shape index (κ2) is 9.43. The number of amides is 1. The Morgan fingerprint density at radius 1 is 1.21 bits per heavy atom. The fourth-order valence-electron chi connectivity index (χ4n) is 4.25. The molecular formula is C22H34N2O5. The SMILES string of the molecule is CC(C)(C)OC(O)N1C[C@H](O)C[C@H]1C1CCN(C(=O)OCc2ccccc2)CC1. The van der Waals surface area contributed by atoms with Gasteiger partial charge in [-0.05, 0) is 51.5 Å². The van der Waals surface area contributed by atoms with Crippen LogP contribution in [0.5, 0.6) is 0 Å². The van der Waals surface area contributed by atoms with Crippen LogP contribution in [0.4, 0.5) is 4.79 Å². The van der Waals surface area contributed by atoms with Crippen molar-refractivity contribution in [2.24, 2.45) is 5.92 Å². The molecule has 2 N–H and O–H groups in total. The summed E-state index contributed by atoms with van der Waals surface area (Å²) in [5.74, 6) is 0.295. The van der Waals surface area contributed by atoms with Crippen LogP contribution in [0.1, 0.15) is 45.6 Å². The predicted molar refractivity (Wildman–Crippen MR) is 109 cm³/mol. The molecule has 0 saturated carbocycles. The van der Waals surface area contributed by atoms with Crippen LogP contribution in [0, 0.1) is 5.92 Å². The third kappa shape index (κ3) is 6.15. The summed E-state index contributed by atoms with van der Waals surface area (Å²) in [6.45, 7) is 7.62. The van der Waals surface area contributed by atoms with Crippen molar-refractivity contribution < 1.29 is 24.5 Å². The molecule has 2 aliphatic rings. The van der Waals surface area contributed by atoms with Gasteiger partial charge in [-0.2, -0.15) is 0 Å². The largest absolute Gasteiger partial charge is 0.445 e. The Balaban J connectivity index is 1.50. The smallest absolute Gasteiger partial charge is 0.410 e. The Morgan fingerprint density at radius 3 is 2.48 bits per heavy atom. The second-order valence-corrected chi connectivity index (χ2v) is 9.07. The maximum atomic E-state index is 12.4. The quantitative estimate of drug-likeness (QED) is 0.732. The van der Waals surface area contributed by atoms with Gasteiger partial charge < -0.3 is 24.6 Å². The maximum absolute atomic E-state index is 12.4. The van der Waals surface area contributed by atoms with E-state index in [0.29, 0.717) is 32.0 Å². The lowest BCUT2D eigenvalue weighted by Crippen LogP contribution is -2.49. The number of aliphatic hydroxyl groups is 2. The van der Waals surface area contributed by atoms with Crippen LogP contribution in [0.2, 0.25) is 0 Å². The average molecular weight is 407 g/mol. The molecule has 3 atom stereocenters. The van der Waals surface area contributed by atoms with Crippen molar-refractivity contribution in [1.29, 1.82) is 0 Å². The summed E-state index contributed by atoms with van der Waals surface area (Å²) < 4.78 is 11.1. The third-order valence-corrected chi connectivity index (χ3v) is 5.65. The van der Waals surface area contributed by atoms with Crippen molar-refractivity contribution in [2.45, 2.75) is 70.8 Å². The highest BCUT2D eigenvalue weighted by Gasteiger charge is 2.42. The minimum absolute atomic E-state index is 0.0461. The predicted octanol–water partition coefficient (Wildman–Crippen LogP) is 2.56. The van der Waals surface area contributed by atoms with E-state index in [4.69, 9.17) is 9.47 Å². The fourth-order valence-corrected chi connectivity index (χ4v) is 4.25. The van der Waals surface area contributed by atoms with Crippen molar-refractivity contribution in [3.05, 3.63) is 35.9 Å². The molecule has 2 saturated heterocycles. The molecule has 1 aromatic rings. The van der Waals surface area contributed by atoms with Gasteiger partial charge in [0.05, 0.1) is 11.7 Å². The fraction of sp³-hybridized carbons (Fsp3) is 0.682. The van der Waals surface area contributed by atoms with Gasteiger partial charge in [-0.3, -0.25) is 0 Å². The standard InChI is InChI=1S/C22H34N2O5/c1-22(2,3)29-21(27)24-14-18(25)13-19(24)17-9-11-23(12-10-17)20(26)28-15-16-7-5-4-6-8-16/h4-8,17-19,21,25,27H,9-15H2,1-3H3/t18-,19+,21?/m1/s1. The van der Waals surface area contributed by atoms with E-state index in [-0.39, 0.29) is 18.7 Å². The van der Waals surface area contributed by atoms with Crippen molar-refractivity contribution in [3.63, 3.8) is 0 Å². The normalized spacial score (nSPS) is 25.2. The molecule has 1 amide bonds. The minimum Gasteiger partial charge on any atom is -0.445 e. The van der Waals surface area contributed by atoms with E-state index in [2.05, 4.69) is 0 Å². The molecule has 7 nitrogen and oxygen atoms in total. The maximum Gasteiger partial charge on any atom is 0.410 e. The molecular weight excluding hydrogens is 372 g/mol. The van der Waals surface area contributed by atoms with Crippen LogP contribution < -0.4 is 0 Å². The van der Waals surface area contributed by atoms with Crippen LogP contribution in [0.3, 0.4) is 0 Å². The van der Waals surface area contributed by atoms with E-state index in [9.17, 15) is 15.0 Å². The lowest BCUT2D eigenvalue weighted by Gasteiger charge is -2.40. The number of nitrogens with zero attached hydrogens (tertiary/aromatic N) is 2. The van der Waals surface area contributed by atoms with Gasteiger partial charge >= 0.3 is 6.09 Å². The first kappa shape index (κ1) is 22.0. The number of ether oxygens (including phenoxy) is 2. The average Bonchev–Trinajstić information content (AvgIpc) is 3.08. The molecule has 3 rings (SSSR count). The monoisotopic (exact) mass is 406 g/mol. The summed E-state index contributed by atoms with van der Waals surface area (Å²) in [7, 11) is 0. The molecule has 2 fully saturated rings. The van der Waals surface area contributed by atoms with Gasteiger partial charge in [0.25, 0.3) is 0 Å². The first-order valence-corrected chi connectivity index (χ1v) is 10.5. The summed E-state index contributed by atoms with van der Waals surface area (Å²) in [4.78, 5) is 16.0. The van der Waals surface area contributed by atoms with Gasteiger partial charge in [-0.25, -0.2) is 9.69 Å².